The molecule has 1 aromatic heterocycles. The van der Waals surface area contributed by atoms with Crippen molar-refractivity contribution in [3.8, 4) is 0 Å². The molecule has 1 heterocycles. The highest BCUT2D eigenvalue weighted by atomic mass is 35.5. The molecule has 0 saturated heterocycles. The number of fused-ring (bicyclic) bond motifs is 1. The number of allylic oxidation sites excluding steroid dienone is 1. The number of halogens is 2. The molecule has 0 saturated carbocycles. The second-order valence-corrected chi connectivity index (χ2v) is 4.93. The first-order valence-corrected chi connectivity index (χ1v) is 6.88. The average Bonchev–Trinajstić information content (AvgIpc) is 2.37. The lowest BCUT2D eigenvalue weighted by atomic mass is 10.1. The molecule has 0 amide bonds. The molecule has 94 valence electrons. The Morgan fingerprint density at radius 2 is 2.17 bits per heavy atom. The smallest absolute Gasteiger partial charge is 0.137 e. The van der Waals surface area contributed by atoms with Crippen molar-refractivity contribution in [1.29, 1.82) is 0 Å². The van der Waals surface area contributed by atoms with E-state index >= 15 is 0 Å². The van der Waals surface area contributed by atoms with Crippen LogP contribution >= 0.6 is 23.2 Å². The molecule has 0 atom stereocenters. The highest BCUT2D eigenvalue weighted by Gasteiger charge is 2.05. The van der Waals surface area contributed by atoms with Crippen molar-refractivity contribution in [3.63, 3.8) is 0 Å². The van der Waals surface area contributed by atoms with E-state index in [1.165, 1.54) is 0 Å². The van der Waals surface area contributed by atoms with Crippen molar-refractivity contribution in [3.05, 3.63) is 46.1 Å². The molecule has 0 bridgehead atoms. The van der Waals surface area contributed by atoms with E-state index in [2.05, 4.69) is 24.0 Å². The van der Waals surface area contributed by atoms with Gasteiger partial charge >= 0.3 is 0 Å². The second kappa shape index (κ2) is 5.73. The molecule has 0 radical (unpaired) electrons. The molecule has 0 fully saturated rings. The standard InChI is InChI=1S/C15H15Cl2N/c1-3-11(9-16)7-13-8-12-6-4-5-10(2)14(12)18-15(13)17/h4-8H,3,9H2,1-2H3. The lowest BCUT2D eigenvalue weighted by molar-refractivity contribution is 1.12. The first-order valence-electron chi connectivity index (χ1n) is 5.97. The molecule has 18 heavy (non-hydrogen) atoms. The van der Waals surface area contributed by atoms with Gasteiger partial charge in [-0.15, -0.1) is 11.6 Å². The van der Waals surface area contributed by atoms with Crippen LogP contribution in [0.4, 0.5) is 0 Å². The number of alkyl halides is 1. The van der Waals surface area contributed by atoms with Gasteiger partial charge in [-0.25, -0.2) is 4.98 Å². The SMILES string of the molecule is CCC(=Cc1cc2cccc(C)c2nc1Cl)CCl. The second-order valence-electron chi connectivity index (χ2n) is 4.30. The van der Waals surface area contributed by atoms with Crippen LogP contribution in [0.15, 0.2) is 29.8 Å². The number of para-hydroxylation sites is 1. The Bertz CT molecular complexity index is 597. The summed E-state index contributed by atoms with van der Waals surface area (Å²) >= 11 is 12.1. The van der Waals surface area contributed by atoms with E-state index in [0.29, 0.717) is 11.0 Å². The fourth-order valence-electron chi connectivity index (χ4n) is 1.90. The predicted molar refractivity (Wildman–Crippen MR) is 80.5 cm³/mol. The van der Waals surface area contributed by atoms with E-state index in [1.54, 1.807) is 0 Å². The van der Waals surface area contributed by atoms with Gasteiger partial charge in [-0.1, -0.05) is 48.4 Å². The van der Waals surface area contributed by atoms with E-state index < -0.39 is 0 Å². The van der Waals surface area contributed by atoms with Gasteiger partial charge in [0, 0.05) is 16.8 Å². The lowest BCUT2D eigenvalue weighted by Gasteiger charge is -2.06. The highest BCUT2D eigenvalue weighted by molar-refractivity contribution is 6.31. The van der Waals surface area contributed by atoms with Crippen molar-refractivity contribution in [2.75, 3.05) is 5.88 Å². The van der Waals surface area contributed by atoms with Crippen LogP contribution in [0, 0.1) is 6.92 Å². The highest BCUT2D eigenvalue weighted by Crippen LogP contribution is 2.25. The zero-order valence-electron chi connectivity index (χ0n) is 10.5. The third-order valence-electron chi connectivity index (χ3n) is 3.01. The summed E-state index contributed by atoms with van der Waals surface area (Å²) in [4.78, 5) is 4.47. The molecule has 1 aromatic carbocycles. The molecule has 0 aliphatic carbocycles. The average molecular weight is 280 g/mol. The third kappa shape index (κ3) is 2.68. The maximum atomic E-state index is 6.23. The predicted octanol–water partition coefficient (Wildman–Crippen LogP) is 5.23. The zero-order chi connectivity index (χ0) is 13.1. The molecule has 0 spiro atoms. The minimum absolute atomic E-state index is 0.526. The molecule has 3 heteroatoms. The van der Waals surface area contributed by atoms with E-state index in [-0.39, 0.29) is 0 Å². The minimum atomic E-state index is 0.526. The van der Waals surface area contributed by atoms with E-state index in [0.717, 1.165) is 34.0 Å². The molecule has 2 rings (SSSR count). The molecule has 0 unspecified atom stereocenters. The summed E-state index contributed by atoms with van der Waals surface area (Å²) in [5.74, 6) is 0.526. The summed E-state index contributed by atoms with van der Waals surface area (Å²) < 4.78 is 0. The Labute approximate surface area is 117 Å². The summed E-state index contributed by atoms with van der Waals surface area (Å²) in [6.07, 6.45) is 2.95. The minimum Gasteiger partial charge on any atom is -0.235 e. The third-order valence-corrected chi connectivity index (χ3v) is 3.66. The van der Waals surface area contributed by atoms with Crippen LogP contribution in [-0.4, -0.2) is 10.9 Å². The molecule has 1 nitrogen and oxygen atoms in total. The fraction of sp³-hybridized carbons (Fsp3) is 0.267. The molecular weight excluding hydrogens is 265 g/mol. The summed E-state index contributed by atoms with van der Waals surface area (Å²) in [6, 6.07) is 8.19. The van der Waals surface area contributed by atoms with Gasteiger partial charge in [0.25, 0.3) is 0 Å². The van der Waals surface area contributed by atoms with Crippen molar-refractivity contribution in [1.82, 2.24) is 4.98 Å². The number of pyridine rings is 1. The Hall–Kier alpha value is -1.05. The number of hydrogen-bond donors (Lipinski definition) is 0. The molecule has 0 N–H and O–H groups in total. The van der Waals surface area contributed by atoms with Crippen LogP contribution < -0.4 is 0 Å². The summed E-state index contributed by atoms with van der Waals surface area (Å²) in [5, 5.41) is 1.64. The van der Waals surface area contributed by atoms with Crippen LogP contribution in [0.5, 0.6) is 0 Å². The maximum absolute atomic E-state index is 6.23. The van der Waals surface area contributed by atoms with Crippen molar-refractivity contribution in [2.24, 2.45) is 0 Å². The monoisotopic (exact) mass is 279 g/mol. The number of nitrogens with zero attached hydrogens (tertiary/aromatic N) is 1. The van der Waals surface area contributed by atoms with E-state index in [9.17, 15) is 0 Å². The number of hydrogen-bond acceptors (Lipinski definition) is 1. The van der Waals surface area contributed by atoms with Crippen LogP contribution in [0.1, 0.15) is 24.5 Å². The summed E-state index contributed by atoms with van der Waals surface area (Å²) in [6.45, 7) is 4.12. The van der Waals surface area contributed by atoms with Gasteiger partial charge in [0.15, 0.2) is 0 Å². The number of aromatic nitrogens is 1. The lowest BCUT2D eigenvalue weighted by Crippen LogP contribution is -1.89. The quantitative estimate of drug-likeness (QED) is 0.554. The normalized spacial score (nSPS) is 12.1. The van der Waals surface area contributed by atoms with Crippen molar-refractivity contribution < 1.29 is 0 Å². The van der Waals surface area contributed by atoms with Crippen LogP contribution in [0.2, 0.25) is 5.15 Å². The molecule has 2 aromatic rings. The molecular formula is C15H15Cl2N. The Morgan fingerprint density at radius 3 is 2.83 bits per heavy atom. The van der Waals surface area contributed by atoms with Gasteiger partial charge < -0.3 is 0 Å². The van der Waals surface area contributed by atoms with Gasteiger partial charge in [0.1, 0.15) is 5.15 Å². The van der Waals surface area contributed by atoms with Gasteiger partial charge in [0.2, 0.25) is 0 Å². The van der Waals surface area contributed by atoms with Crippen LogP contribution in [0.25, 0.3) is 17.0 Å². The Morgan fingerprint density at radius 1 is 1.39 bits per heavy atom. The zero-order valence-corrected chi connectivity index (χ0v) is 12.0. The van der Waals surface area contributed by atoms with Gasteiger partial charge in [0.05, 0.1) is 5.52 Å². The first kappa shape index (κ1) is 13.4. The van der Waals surface area contributed by atoms with Crippen LogP contribution in [0.3, 0.4) is 0 Å². The fourth-order valence-corrected chi connectivity index (χ4v) is 2.36. The number of rotatable bonds is 3. The molecule has 0 aliphatic heterocycles. The Kier molecular flexibility index (Phi) is 4.26. The molecule has 0 aliphatic rings. The van der Waals surface area contributed by atoms with Crippen molar-refractivity contribution in [2.45, 2.75) is 20.3 Å². The first-order chi connectivity index (χ1) is 8.65. The topological polar surface area (TPSA) is 12.9 Å². The Balaban J connectivity index is 2.60. The van der Waals surface area contributed by atoms with Crippen LogP contribution in [-0.2, 0) is 0 Å². The summed E-state index contributed by atoms with van der Waals surface area (Å²) in [7, 11) is 0. The van der Waals surface area contributed by atoms with E-state index in [1.807, 2.05) is 25.1 Å². The van der Waals surface area contributed by atoms with E-state index in [4.69, 9.17) is 23.2 Å². The number of aryl methyl sites for hydroxylation is 1. The van der Waals surface area contributed by atoms with Gasteiger partial charge in [-0.05, 0) is 25.0 Å². The maximum Gasteiger partial charge on any atom is 0.137 e. The largest absolute Gasteiger partial charge is 0.235 e. The van der Waals surface area contributed by atoms with Gasteiger partial charge in [-0.3, -0.25) is 0 Å². The summed E-state index contributed by atoms with van der Waals surface area (Å²) in [5.41, 5.74) is 4.20. The number of benzene rings is 1. The van der Waals surface area contributed by atoms with Crippen molar-refractivity contribution >= 4 is 40.2 Å². The van der Waals surface area contributed by atoms with Gasteiger partial charge in [-0.2, -0.15) is 0 Å².